The molecule has 3 aromatic rings. The number of aromatic nitrogens is 1. The molecule has 1 atom stereocenters. The van der Waals surface area contributed by atoms with Crippen molar-refractivity contribution in [1.82, 2.24) is 9.88 Å². The van der Waals surface area contributed by atoms with Gasteiger partial charge in [0.05, 0.1) is 22.9 Å². The average molecular weight is 410 g/mol. The van der Waals surface area contributed by atoms with Crippen molar-refractivity contribution in [1.29, 1.82) is 0 Å². The van der Waals surface area contributed by atoms with Crippen LogP contribution in [-0.2, 0) is 16.0 Å². The topological polar surface area (TPSA) is 75.4 Å². The van der Waals surface area contributed by atoms with Crippen LogP contribution in [0.2, 0.25) is 0 Å². The SMILES string of the molecule is Cc1oc(-c2cccs2)nc1CC(=O)N1CCC[C@H](C(=O)Nc2ccccc2)C1. The summed E-state index contributed by atoms with van der Waals surface area (Å²) in [5.74, 6) is 0.965. The first kappa shape index (κ1) is 19.4. The molecule has 1 aromatic carbocycles. The van der Waals surface area contributed by atoms with Crippen LogP contribution < -0.4 is 5.32 Å². The third-order valence-corrected chi connectivity index (χ3v) is 5.99. The van der Waals surface area contributed by atoms with Crippen LogP contribution in [0, 0.1) is 12.8 Å². The summed E-state index contributed by atoms with van der Waals surface area (Å²) in [6.45, 7) is 2.94. The van der Waals surface area contributed by atoms with Crippen molar-refractivity contribution in [3.63, 3.8) is 0 Å². The summed E-state index contributed by atoms with van der Waals surface area (Å²) in [5.41, 5.74) is 1.44. The number of amides is 2. The second kappa shape index (κ2) is 8.61. The van der Waals surface area contributed by atoms with Crippen molar-refractivity contribution in [2.24, 2.45) is 5.92 Å². The number of aryl methyl sites for hydroxylation is 1. The van der Waals surface area contributed by atoms with Gasteiger partial charge in [-0.2, -0.15) is 0 Å². The maximum absolute atomic E-state index is 12.9. The molecule has 6 nitrogen and oxygen atoms in total. The number of carbonyl (C=O) groups is 2. The van der Waals surface area contributed by atoms with Gasteiger partial charge >= 0.3 is 0 Å². The van der Waals surface area contributed by atoms with Crippen LogP contribution >= 0.6 is 11.3 Å². The van der Waals surface area contributed by atoms with Crippen LogP contribution in [0.3, 0.4) is 0 Å². The van der Waals surface area contributed by atoms with E-state index in [0.717, 1.165) is 23.4 Å². The van der Waals surface area contributed by atoms with Crippen LogP contribution in [0.5, 0.6) is 0 Å². The minimum Gasteiger partial charge on any atom is -0.440 e. The number of nitrogens with one attached hydrogen (secondary N) is 1. The number of likely N-dealkylation sites (tertiary alicyclic amines) is 1. The molecule has 1 fully saturated rings. The van der Waals surface area contributed by atoms with Crippen molar-refractivity contribution in [2.75, 3.05) is 18.4 Å². The number of thiophene rings is 1. The lowest BCUT2D eigenvalue weighted by molar-refractivity contribution is -0.134. The van der Waals surface area contributed by atoms with Crippen molar-refractivity contribution in [3.8, 4) is 10.8 Å². The predicted molar refractivity (Wildman–Crippen MR) is 113 cm³/mol. The number of para-hydroxylation sites is 1. The summed E-state index contributed by atoms with van der Waals surface area (Å²) in [7, 11) is 0. The second-order valence-electron chi connectivity index (χ2n) is 7.21. The molecular formula is C22H23N3O3S. The lowest BCUT2D eigenvalue weighted by Gasteiger charge is -2.32. The fourth-order valence-corrected chi connectivity index (χ4v) is 4.19. The minimum absolute atomic E-state index is 0.0173. The molecule has 3 heterocycles. The van der Waals surface area contributed by atoms with Crippen molar-refractivity contribution >= 4 is 28.8 Å². The number of hydrogen-bond acceptors (Lipinski definition) is 5. The van der Waals surface area contributed by atoms with E-state index < -0.39 is 0 Å². The molecule has 1 saturated heterocycles. The molecule has 150 valence electrons. The van der Waals surface area contributed by atoms with E-state index in [-0.39, 0.29) is 24.2 Å². The number of rotatable bonds is 5. The predicted octanol–water partition coefficient (Wildman–Crippen LogP) is 4.13. The van der Waals surface area contributed by atoms with Gasteiger partial charge in [0.2, 0.25) is 17.7 Å². The number of oxazole rings is 1. The van der Waals surface area contributed by atoms with Crippen LogP contribution in [0.1, 0.15) is 24.3 Å². The van der Waals surface area contributed by atoms with Gasteiger partial charge in [0.15, 0.2) is 0 Å². The van der Waals surface area contributed by atoms with Crippen LogP contribution in [0.15, 0.2) is 52.3 Å². The zero-order chi connectivity index (χ0) is 20.2. The number of hydrogen-bond donors (Lipinski definition) is 1. The summed E-state index contributed by atoms with van der Waals surface area (Å²) < 4.78 is 5.74. The van der Waals surface area contributed by atoms with E-state index in [1.54, 1.807) is 16.2 Å². The van der Waals surface area contributed by atoms with Gasteiger partial charge in [0.1, 0.15) is 5.76 Å². The highest BCUT2D eigenvalue weighted by molar-refractivity contribution is 7.13. The minimum atomic E-state index is -0.201. The van der Waals surface area contributed by atoms with Crippen molar-refractivity contribution in [2.45, 2.75) is 26.2 Å². The zero-order valence-electron chi connectivity index (χ0n) is 16.3. The second-order valence-corrected chi connectivity index (χ2v) is 8.16. The standard InChI is InChI=1S/C22H23N3O3S/c1-15-18(24-22(28-15)19-10-6-12-29-19)13-20(26)25-11-5-7-16(14-25)21(27)23-17-8-3-2-4-9-17/h2-4,6,8-10,12,16H,5,7,11,13-14H2,1H3,(H,23,27)/t16-/m0/s1. The highest BCUT2D eigenvalue weighted by Crippen LogP contribution is 2.27. The number of nitrogens with zero attached hydrogens (tertiary/aromatic N) is 2. The van der Waals surface area contributed by atoms with E-state index in [1.165, 1.54) is 0 Å². The zero-order valence-corrected chi connectivity index (χ0v) is 17.1. The van der Waals surface area contributed by atoms with Crippen LogP contribution in [0.4, 0.5) is 5.69 Å². The third-order valence-electron chi connectivity index (χ3n) is 5.13. The van der Waals surface area contributed by atoms with E-state index in [2.05, 4.69) is 10.3 Å². The summed E-state index contributed by atoms with van der Waals surface area (Å²) in [6.07, 6.45) is 1.79. The van der Waals surface area contributed by atoms with Gasteiger partial charge in [-0.25, -0.2) is 4.98 Å². The summed E-state index contributed by atoms with van der Waals surface area (Å²) in [5, 5.41) is 4.91. The van der Waals surface area contributed by atoms with Crippen molar-refractivity contribution < 1.29 is 14.0 Å². The molecule has 4 rings (SSSR count). The monoisotopic (exact) mass is 409 g/mol. The Hall–Kier alpha value is -2.93. The Balaban J connectivity index is 1.38. The van der Waals surface area contributed by atoms with Gasteiger partial charge < -0.3 is 14.6 Å². The lowest BCUT2D eigenvalue weighted by atomic mass is 9.96. The smallest absolute Gasteiger partial charge is 0.236 e. The normalized spacial score (nSPS) is 16.6. The van der Waals surface area contributed by atoms with Gasteiger partial charge in [0, 0.05) is 18.8 Å². The fraction of sp³-hybridized carbons (Fsp3) is 0.318. The Morgan fingerprint density at radius 2 is 2.07 bits per heavy atom. The molecule has 2 aromatic heterocycles. The Bertz CT molecular complexity index is 982. The summed E-state index contributed by atoms with van der Waals surface area (Å²) >= 11 is 1.55. The molecule has 1 aliphatic rings. The molecule has 29 heavy (non-hydrogen) atoms. The van der Waals surface area contributed by atoms with Crippen molar-refractivity contribution in [3.05, 3.63) is 59.3 Å². The van der Waals surface area contributed by atoms with Gasteiger partial charge in [0.25, 0.3) is 0 Å². The molecule has 0 bridgehead atoms. The van der Waals surface area contributed by atoms with Gasteiger partial charge in [-0.15, -0.1) is 11.3 Å². The molecule has 1 aliphatic heterocycles. The van der Waals surface area contributed by atoms with E-state index in [1.807, 2.05) is 54.8 Å². The number of benzene rings is 1. The molecule has 0 aliphatic carbocycles. The third kappa shape index (κ3) is 4.56. The van der Waals surface area contributed by atoms with E-state index in [9.17, 15) is 9.59 Å². The quantitative estimate of drug-likeness (QED) is 0.687. The molecule has 1 N–H and O–H groups in total. The largest absolute Gasteiger partial charge is 0.440 e. The first-order valence-corrected chi connectivity index (χ1v) is 10.6. The maximum Gasteiger partial charge on any atom is 0.236 e. The maximum atomic E-state index is 12.9. The molecule has 2 amide bonds. The molecule has 0 spiro atoms. The van der Waals surface area contributed by atoms with E-state index >= 15 is 0 Å². The lowest BCUT2D eigenvalue weighted by Crippen LogP contribution is -2.44. The highest BCUT2D eigenvalue weighted by atomic mass is 32.1. The summed E-state index contributed by atoms with van der Waals surface area (Å²) in [6, 6.07) is 13.3. The fourth-order valence-electron chi connectivity index (χ4n) is 3.54. The van der Waals surface area contributed by atoms with E-state index in [0.29, 0.717) is 30.4 Å². The molecule has 0 radical (unpaired) electrons. The van der Waals surface area contributed by atoms with Crippen LogP contribution in [0.25, 0.3) is 10.8 Å². The Labute approximate surface area is 173 Å². The highest BCUT2D eigenvalue weighted by Gasteiger charge is 2.29. The summed E-state index contributed by atoms with van der Waals surface area (Å²) in [4.78, 5) is 32.7. The van der Waals surface area contributed by atoms with E-state index in [4.69, 9.17) is 4.42 Å². The van der Waals surface area contributed by atoms with Gasteiger partial charge in [-0.05, 0) is 43.3 Å². The first-order valence-electron chi connectivity index (χ1n) is 9.74. The average Bonchev–Trinajstić information content (AvgIpc) is 3.39. The molecule has 0 saturated carbocycles. The number of anilines is 1. The van der Waals surface area contributed by atoms with Gasteiger partial charge in [-0.3, -0.25) is 9.59 Å². The first-order chi connectivity index (χ1) is 14.1. The number of carbonyl (C=O) groups excluding carboxylic acids is 2. The molecule has 0 unspecified atom stereocenters. The Kier molecular flexibility index (Phi) is 5.76. The Morgan fingerprint density at radius 1 is 1.24 bits per heavy atom. The molecular weight excluding hydrogens is 386 g/mol. The molecule has 7 heteroatoms. The van der Waals surface area contributed by atoms with Crippen LogP contribution in [-0.4, -0.2) is 34.8 Å². The Morgan fingerprint density at radius 3 is 2.83 bits per heavy atom. The number of piperidine rings is 1. The van der Waals surface area contributed by atoms with Gasteiger partial charge in [-0.1, -0.05) is 24.3 Å².